The predicted octanol–water partition coefficient (Wildman–Crippen LogP) is 3.64. The minimum Gasteiger partial charge on any atom is -0.494 e. The first kappa shape index (κ1) is 16.1. The van der Waals surface area contributed by atoms with E-state index in [0.29, 0.717) is 0 Å². The van der Waals surface area contributed by atoms with Crippen molar-refractivity contribution < 1.29 is 5.11 Å². The Morgan fingerprint density at radius 1 is 0.889 bits per heavy atom. The smallest absolute Gasteiger partial charge is 0.197 e. The number of benzene rings is 2. The summed E-state index contributed by atoms with van der Waals surface area (Å²) in [5, 5.41) is 12.8. The standard InChI is InChI=1S/C22H22N4O/c1-24-10-12-25(13-11-24)20-15-21(23-18-8-4-3-7-17(18)20)26-19-9-5-2-6-16(19)14-22(26)27/h2-9,14-15,27H,10-13H2,1H3. The number of anilines is 1. The Morgan fingerprint density at radius 3 is 2.48 bits per heavy atom. The number of nitrogens with zero attached hydrogens (tertiary/aromatic N) is 4. The molecule has 1 fully saturated rings. The Labute approximate surface area is 158 Å². The molecular formula is C22H22N4O. The van der Waals surface area contributed by atoms with E-state index in [2.05, 4.69) is 35.0 Å². The SMILES string of the molecule is CN1CCN(c2cc(-n3c(O)cc4ccccc43)nc3ccccc23)CC1. The molecule has 1 aliphatic heterocycles. The van der Waals surface area contributed by atoms with Gasteiger partial charge in [-0.1, -0.05) is 36.4 Å². The van der Waals surface area contributed by atoms with Crippen LogP contribution in [-0.4, -0.2) is 52.8 Å². The highest BCUT2D eigenvalue weighted by atomic mass is 16.3. The van der Waals surface area contributed by atoms with E-state index in [1.54, 1.807) is 6.07 Å². The third-order valence-electron chi connectivity index (χ3n) is 5.45. The fourth-order valence-corrected chi connectivity index (χ4v) is 3.95. The molecular weight excluding hydrogens is 336 g/mol. The molecule has 2 aromatic heterocycles. The summed E-state index contributed by atoms with van der Waals surface area (Å²) in [6.45, 7) is 4.07. The molecule has 5 rings (SSSR count). The van der Waals surface area contributed by atoms with E-state index in [-0.39, 0.29) is 5.88 Å². The van der Waals surface area contributed by atoms with Crippen LogP contribution in [0.15, 0.2) is 60.7 Å². The van der Waals surface area contributed by atoms with E-state index in [9.17, 15) is 5.11 Å². The summed E-state index contributed by atoms with van der Waals surface area (Å²) in [7, 11) is 2.16. The van der Waals surface area contributed by atoms with Gasteiger partial charge in [0.25, 0.3) is 0 Å². The molecule has 1 aliphatic rings. The topological polar surface area (TPSA) is 44.5 Å². The number of piperazine rings is 1. The largest absolute Gasteiger partial charge is 0.494 e. The van der Waals surface area contributed by atoms with E-state index < -0.39 is 0 Å². The molecule has 1 N–H and O–H groups in total. The van der Waals surface area contributed by atoms with Crippen LogP contribution in [0.2, 0.25) is 0 Å². The summed E-state index contributed by atoms with van der Waals surface area (Å²) < 4.78 is 1.83. The van der Waals surface area contributed by atoms with Gasteiger partial charge in [-0.05, 0) is 19.2 Å². The van der Waals surface area contributed by atoms with Crippen LogP contribution in [0, 0.1) is 0 Å². The summed E-state index contributed by atoms with van der Waals surface area (Å²) in [4.78, 5) is 9.65. The lowest BCUT2D eigenvalue weighted by Crippen LogP contribution is -2.44. The molecule has 0 aliphatic carbocycles. The number of aromatic nitrogens is 2. The monoisotopic (exact) mass is 358 g/mol. The Bertz CT molecular complexity index is 1130. The Morgan fingerprint density at radius 2 is 1.63 bits per heavy atom. The Kier molecular flexibility index (Phi) is 3.76. The summed E-state index contributed by atoms with van der Waals surface area (Å²) in [5.41, 5.74) is 3.09. The van der Waals surface area contributed by atoms with Crippen molar-refractivity contribution in [1.29, 1.82) is 0 Å². The maximum atomic E-state index is 10.6. The van der Waals surface area contributed by atoms with Gasteiger partial charge in [-0.2, -0.15) is 0 Å². The molecule has 27 heavy (non-hydrogen) atoms. The molecule has 0 radical (unpaired) electrons. The number of fused-ring (bicyclic) bond motifs is 2. The molecule has 5 heteroatoms. The second kappa shape index (κ2) is 6.28. The van der Waals surface area contributed by atoms with Gasteiger partial charge in [0.05, 0.1) is 11.0 Å². The van der Waals surface area contributed by atoms with Crippen LogP contribution < -0.4 is 4.90 Å². The number of hydrogen-bond acceptors (Lipinski definition) is 4. The van der Waals surface area contributed by atoms with Gasteiger partial charge in [0.15, 0.2) is 5.88 Å². The zero-order chi connectivity index (χ0) is 18.4. The molecule has 2 aromatic carbocycles. The quantitative estimate of drug-likeness (QED) is 0.594. The normalized spacial score (nSPS) is 15.7. The fourth-order valence-electron chi connectivity index (χ4n) is 3.95. The summed E-state index contributed by atoms with van der Waals surface area (Å²) in [6, 6.07) is 20.1. The van der Waals surface area contributed by atoms with Crippen LogP contribution in [0.25, 0.3) is 27.6 Å². The molecule has 3 heterocycles. The van der Waals surface area contributed by atoms with E-state index >= 15 is 0 Å². The zero-order valence-electron chi connectivity index (χ0n) is 15.3. The average molecular weight is 358 g/mol. The van der Waals surface area contributed by atoms with Gasteiger partial charge < -0.3 is 14.9 Å². The second-order valence-electron chi connectivity index (χ2n) is 7.20. The van der Waals surface area contributed by atoms with Gasteiger partial charge in [0.2, 0.25) is 0 Å². The first-order chi connectivity index (χ1) is 13.2. The molecule has 1 saturated heterocycles. The maximum Gasteiger partial charge on any atom is 0.197 e. The Hall–Kier alpha value is -3.05. The van der Waals surface area contributed by atoms with Crippen LogP contribution in [0.5, 0.6) is 5.88 Å². The molecule has 0 bridgehead atoms. The van der Waals surface area contributed by atoms with E-state index in [1.165, 1.54) is 5.69 Å². The average Bonchev–Trinajstić information content (AvgIpc) is 3.03. The van der Waals surface area contributed by atoms with Crippen molar-refractivity contribution in [3.63, 3.8) is 0 Å². The maximum absolute atomic E-state index is 10.6. The van der Waals surface area contributed by atoms with Gasteiger partial charge in [0, 0.05) is 54.8 Å². The number of aromatic hydroxyl groups is 1. The summed E-state index contributed by atoms with van der Waals surface area (Å²) >= 11 is 0. The van der Waals surface area contributed by atoms with Crippen LogP contribution in [0.1, 0.15) is 0 Å². The Balaban J connectivity index is 1.73. The first-order valence-corrected chi connectivity index (χ1v) is 9.34. The lowest BCUT2D eigenvalue weighted by molar-refractivity contribution is 0.313. The van der Waals surface area contributed by atoms with Gasteiger partial charge in [-0.25, -0.2) is 4.98 Å². The predicted molar refractivity (Wildman–Crippen MR) is 110 cm³/mol. The van der Waals surface area contributed by atoms with Crippen molar-refractivity contribution in [2.24, 2.45) is 0 Å². The van der Waals surface area contributed by atoms with Crippen molar-refractivity contribution >= 4 is 27.5 Å². The van der Waals surface area contributed by atoms with Crippen LogP contribution >= 0.6 is 0 Å². The number of likely N-dealkylation sites (N-methyl/N-ethyl adjacent to an activating group) is 1. The lowest BCUT2D eigenvalue weighted by atomic mass is 10.1. The van der Waals surface area contributed by atoms with Gasteiger partial charge >= 0.3 is 0 Å². The fraction of sp³-hybridized carbons (Fsp3) is 0.227. The molecule has 136 valence electrons. The van der Waals surface area contributed by atoms with Crippen molar-refractivity contribution in [2.75, 3.05) is 38.1 Å². The van der Waals surface area contributed by atoms with Gasteiger partial charge in [0.1, 0.15) is 5.82 Å². The highest BCUT2D eigenvalue weighted by molar-refractivity contribution is 5.93. The molecule has 0 saturated carbocycles. The third kappa shape index (κ3) is 2.71. The van der Waals surface area contributed by atoms with E-state index in [4.69, 9.17) is 4.98 Å². The highest BCUT2D eigenvalue weighted by Gasteiger charge is 2.19. The highest BCUT2D eigenvalue weighted by Crippen LogP contribution is 2.33. The van der Waals surface area contributed by atoms with Crippen LogP contribution in [0.4, 0.5) is 5.69 Å². The molecule has 4 aromatic rings. The van der Waals surface area contributed by atoms with Gasteiger partial charge in [-0.3, -0.25) is 4.57 Å². The minimum atomic E-state index is 0.211. The second-order valence-corrected chi connectivity index (χ2v) is 7.20. The van der Waals surface area contributed by atoms with Crippen molar-refractivity contribution in [3.05, 3.63) is 60.7 Å². The number of pyridine rings is 1. The van der Waals surface area contributed by atoms with Crippen molar-refractivity contribution in [1.82, 2.24) is 14.5 Å². The van der Waals surface area contributed by atoms with E-state index in [1.807, 2.05) is 41.0 Å². The molecule has 0 spiro atoms. The molecule has 0 atom stereocenters. The molecule has 5 nitrogen and oxygen atoms in total. The first-order valence-electron chi connectivity index (χ1n) is 9.34. The number of rotatable bonds is 2. The molecule has 0 amide bonds. The molecule has 0 unspecified atom stereocenters. The lowest BCUT2D eigenvalue weighted by Gasteiger charge is -2.34. The number of para-hydroxylation sites is 2. The van der Waals surface area contributed by atoms with Crippen LogP contribution in [0.3, 0.4) is 0 Å². The zero-order valence-corrected chi connectivity index (χ0v) is 15.3. The van der Waals surface area contributed by atoms with Crippen molar-refractivity contribution in [3.8, 4) is 11.7 Å². The third-order valence-corrected chi connectivity index (χ3v) is 5.45. The van der Waals surface area contributed by atoms with Gasteiger partial charge in [-0.15, -0.1) is 0 Å². The van der Waals surface area contributed by atoms with E-state index in [0.717, 1.165) is 53.8 Å². The minimum absolute atomic E-state index is 0.211. The number of hydrogen-bond donors (Lipinski definition) is 1. The van der Waals surface area contributed by atoms with Crippen molar-refractivity contribution in [2.45, 2.75) is 0 Å². The summed E-state index contributed by atoms with van der Waals surface area (Å²) in [5.74, 6) is 0.963. The summed E-state index contributed by atoms with van der Waals surface area (Å²) in [6.07, 6.45) is 0. The van der Waals surface area contributed by atoms with Crippen LogP contribution in [-0.2, 0) is 0 Å².